The second-order valence-corrected chi connectivity index (χ2v) is 7.57. The van der Waals surface area contributed by atoms with Gasteiger partial charge in [-0.15, -0.1) is 24.0 Å². The zero-order valence-electron chi connectivity index (χ0n) is 16.6. The quantitative estimate of drug-likeness (QED) is 0.251. The zero-order chi connectivity index (χ0) is 17.2. The van der Waals surface area contributed by atoms with E-state index in [1.165, 1.54) is 71.2 Å². The standard InChI is InChI=1S/C19H39N5.HI/c1-4-11-23-14-9-18(16-23)15-22-19(20-3)21-10-7-13-24-12-6-5-8-17(24)2;/h17-18H,4-16H2,1-3H3,(H2,20,21,22);1H. The molecule has 6 heteroatoms. The van der Waals surface area contributed by atoms with E-state index in [9.17, 15) is 0 Å². The smallest absolute Gasteiger partial charge is 0.190 e. The van der Waals surface area contributed by atoms with Crippen LogP contribution in [-0.2, 0) is 0 Å². The Labute approximate surface area is 172 Å². The van der Waals surface area contributed by atoms with E-state index in [1.807, 2.05) is 7.05 Å². The van der Waals surface area contributed by atoms with Gasteiger partial charge in [0.2, 0.25) is 0 Å². The Morgan fingerprint density at radius 2 is 1.96 bits per heavy atom. The number of hydrogen-bond donors (Lipinski definition) is 2. The molecule has 0 aromatic rings. The topological polar surface area (TPSA) is 42.9 Å². The summed E-state index contributed by atoms with van der Waals surface area (Å²) < 4.78 is 0. The Morgan fingerprint density at radius 1 is 1.12 bits per heavy atom. The van der Waals surface area contributed by atoms with Gasteiger partial charge < -0.3 is 20.4 Å². The van der Waals surface area contributed by atoms with Gasteiger partial charge in [0.05, 0.1) is 0 Å². The highest BCUT2D eigenvalue weighted by Gasteiger charge is 2.21. The van der Waals surface area contributed by atoms with Crippen molar-refractivity contribution in [3.8, 4) is 0 Å². The monoisotopic (exact) mass is 465 g/mol. The number of piperidine rings is 1. The fourth-order valence-corrected chi connectivity index (χ4v) is 4.04. The molecule has 148 valence electrons. The lowest BCUT2D eigenvalue weighted by atomic mass is 10.0. The Bertz CT molecular complexity index is 377. The molecule has 2 N–H and O–H groups in total. The molecule has 0 aliphatic carbocycles. The molecular formula is C19H40IN5. The van der Waals surface area contributed by atoms with Crippen molar-refractivity contribution in [2.45, 2.75) is 58.4 Å². The van der Waals surface area contributed by atoms with E-state index in [2.05, 4.69) is 39.3 Å². The van der Waals surface area contributed by atoms with Crippen LogP contribution in [0.25, 0.3) is 0 Å². The second-order valence-electron chi connectivity index (χ2n) is 7.57. The Balaban J connectivity index is 0.00000312. The van der Waals surface area contributed by atoms with E-state index in [-0.39, 0.29) is 24.0 Å². The number of rotatable bonds is 8. The lowest BCUT2D eigenvalue weighted by molar-refractivity contribution is 0.159. The molecule has 25 heavy (non-hydrogen) atoms. The fourth-order valence-electron chi connectivity index (χ4n) is 4.04. The van der Waals surface area contributed by atoms with Crippen molar-refractivity contribution < 1.29 is 0 Å². The minimum atomic E-state index is 0. The number of nitrogens with zero attached hydrogens (tertiary/aromatic N) is 3. The minimum absolute atomic E-state index is 0. The lowest BCUT2D eigenvalue weighted by Gasteiger charge is -2.33. The van der Waals surface area contributed by atoms with Crippen LogP contribution in [0.2, 0.25) is 0 Å². The summed E-state index contributed by atoms with van der Waals surface area (Å²) in [6.07, 6.45) is 7.92. The van der Waals surface area contributed by atoms with Gasteiger partial charge in [0.15, 0.2) is 5.96 Å². The molecule has 2 atom stereocenters. The van der Waals surface area contributed by atoms with E-state index in [1.54, 1.807) is 0 Å². The predicted octanol–water partition coefficient (Wildman–Crippen LogP) is 2.77. The van der Waals surface area contributed by atoms with E-state index in [0.29, 0.717) is 0 Å². The minimum Gasteiger partial charge on any atom is -0.356 e. The zero-order valence-corrected chi connectivity index (χ0v) is 18.9. The van der Waals surface area contributed by atoms with Crippen LogP contribution < -0.4 is 10.6 Å². The normalized spacial score (nSPS) is 25.6. The first-order valence-electron chi connectivity index (χ1n) is 10.1. The maximum atomic E-state index is 4.37. The van der Waals surface area contributed by atoms with Crippen LogP contribution >= 0.6 is 24.0 Å². The van der Waals surface area contributed by atoms with Crippen LogP contribution in [0.5, 0.6) is 0 Å². The van der Waals surface area contributed by atoms with Crippen LogP contribution in [0, 0.1) is 5.92 Å². The lowest BCUT2D eigenvalue weighted by Crippen LogP contribution is -2.42. The van der Waals surface area contributed by atoms with Crippen molar-refractivity contribution in [2.24, 2.45) is 10.9 Å². The molecule has 2 aliphatic heterocycles. The summed E-state index contributed by atoms with van der Waals surface area (Å²) in [6.45, 7) is 12.9. The van der Waals surface area contributed by atoms with E-state index >= 15 is 0 Å². The van der Waals surface area contributed by atoms with Crippen molar-refractivity contribution in [1.82, 2.24) is 20.4 Å². The van der Waals surface area contributed by atoms with Crippen molar-refractivity contribution in [2.75, 3.05) is 52.9 Å². The molecule has 0 aromatic carbocycles. The molecule has 2 fully saturated rings. The molecular weight excluding hydrogens is 425 g/mol. The van der Waals surface area contributed by atoms with Crippen molar-refractivity contribution in [3.63, 3.8) is 0 Å². The summed E-state index contributed by atoms with van der Waals surface area (Å²) in [6, 6.07) is 0.768. The largest absolute Gasteiger partial charge is 0.356 e. The van der Waals surface area contributed by atoms with Crippen LogP contribution in [0.3, 0.4) is 0 Å². The summed E-state index contributed by atoms with van der Waals surface area (Å²) >= 11 is 0. The maximum absolute atomic E-state index is 4.37. The molecule has 2 rings (SSSR count). The van der Waals surface area contributed by atoms with Crippen LogP contribution in [0.15, 0.2) is 4.99 Å². The number of hydrogen-bond acceptors (Lipinski definition) is 3. The van der Waals surface area contributed by atoms with Crippen molar-refractivity contribution in [3.05, 3.63) is 0 Å². The summed E-state index contributed by atoms with van der Waals surface area (Å²) in [7, 11) is 1.88. The number of nitrogens with one attached hydrogen (secondary N) is 2. The van der Waals surface area contributed by atoms with Gasteiger partial charge in [0.25, 0.3) is 0 Å². The molecule has 5 nitrogen and oxygen atoms in total. The average Bonchev–Trinajstić information content (AvgIpc) is 3.03. The second kappa shape index (κ2) is 13.1. The highest BCUT2D eigenvalue weighted by atomic mass is 127. The number of likely N-dealkylation sites (tertiary alicyclic amines) is 2. The molecule has 0 spiro atoms. The first-order chi connectivity index (χ1) is 11.7. The maximum Gasteiger partial charge on any atom is 0.190 e. The third-order valence-electron chi connectivity index (χ3n) is 5.55. The van der Waals surface area contributed by atoms with Gasteiger partial charge in [-0.25, -0.2) is 0 Å². The molecule has 2 saturated heterocycles. The van der Waals surface area contributed by atoms with Gasteiger partial charge in [-0.1, -0.05) is 13.3 Å². The van der Waals surface area contributed by atoms with Gasteiger partial charge in [0, 0.05) is 39.3 Å². The predicted molar refractivity (Wildman–Crippen MR) is 119 cm³/mol. The van der Waals surface area contributed by atoms with E-state index in [0.717, 1.165) is 31.0 Å². The SMILES string of the molecule is CCCN1CCC(CNC(=NC)NCCCN2CCCCC2C)C1.I. The molecule has 0 radical (unpaired) electrons. The summed E-state index contributed by atoms with van der Waals surface area (Å²) in [5.74, 6) is 1.74. The molecule has 0 saturated carbocycles. The Morgan fingerprint density at radius 3 is 2.68 bits per heavy atom. The average molecular weight is 465 g/mol. The van der Waals surface area contributed by atoms with Gasteiger partial charge in [-0.3, -0.25) is 4.99 Å². The number of guanidine groups is 1. The summed E-state index contributed by atoms with van der Waals surface area (Å²) in [4.78, 5) is 9.60. The van der Waals surface area contributed by atoms with Gasteiger partial charge >= 0.3 is 0 Å². The van der Waals surface area contributed by atoms with E-state index in [4.69, 9.17) is 0 Å². The highest BCUT2D eigenvalue weighted by Crippen LogP contribution is 2.16. The van der Waals surface area contributed by atoms with Crippen molar-refractivity contribution in [1.29, 1.82) is 0 Å². The third kappa shape index (κ3) is 8.43. The van der Waals surface area contributed by atoms with Crippen LogP contribution in [-0.4, -0.2) is 74.7 Å². The molecule has 0 aromatic heterocycles. The van der Waals surface area contributed by atoms with Gasteiger partial charge in [-0.05, 0) is 64.6 Å². The highest BCUT2D eigenvalue weighted by molar-refractivity contribution is 14.0. The summed E-state index contributed by atoms with van der Waals surface area (Å²) in [5, 5.41) is 7.00. The van der Waals surface area contributed by atoms with Gasteiger partial charge in [-0.2, -0.15) is 0 Å². The Hall–Kier alpha value is -0.0800. The van der Waals surface area contributed by atoms with Gasteiger partial charge in [0.1, 0.15) is 0 Å². The van der Waals surface area contributed by atoms with E-state index < -0.39 is 0 Å². The molecule has 0 bridgehead atoms. The Kier molecular flexibility index (Phi) is 12.1. The van der Waals surface area contributed by atoms with Crippen LogP contribution in [0.4, 0.5) is 0 Å². The third-order valence-corrected chi connectivity index (χ3v) is 5.55. The number of halogens is 1. The van der Waals surface area contributed by atoms with Crippen molar-refractivity contribution >= 4 is 29.9 Å². The first-order valence-corrected chi connectivity index (χ1v) is 10.1. The summed E-state index contributed by atoms with van der Waals surface area (Å²) in [5.41, 5.74) is 0. The van der Waals surface area contributed by atoms with Crippen LogP contribution in [0.1, 0.15) is 52.4 Å². The molecule has 2 unspecified atom stereocenters. The number of aliphatic imine (C=N–C) groups is 1. The molecule has 0 amide bonds. The molecule has 2 aliphatic rings. The molecule has 2 heterocycles. The first kappa shape index (κ1) is 23.0. The fraction of sp³-hybridized carbons (Fsp3) is 0.947.